The molecule has 2 heteroatoms. The van der Waals surface area contributed by atoms with E-state index >= 15 is 0 Å². The molecule has 0 saturated heterocycles. The van der Waals surface area contributed by atoms with Crippen molar-refractivity contribution in [2.24, 2.45) is 17.3 Å². The molecule has 0 amide bonds. The molecular formula is C13H17ClO. The van der Waals surface area contributed by atoms with Crippen LogP contribution in [-0.4, -0.2) is 5.88 Å². The molecule has 1 nitrogen and oxygen atoms in total. The lowest BCUT2D eigenvalue weighted by molar-refractivity contribution is 0.181. The third kappa shape index (κ3) is 1.52. The van der Waals surface area contributed by atoms with Gasteiger partial charge in [0.05, 0.1) is 6.26 Å². The number of hydrogen-bond donors (Lipinski definition) is 0. The zero-order valence-electron chi connectivity index (χ0n) is 8.92. The number of halogens is 1. The van der Waals surface area contributed by atoms with Gasteiger partial charge in [-0.1, -0.05) is 6.42 Å². The van der Waals surface area contributed by atoms with Gasteiger partial charge in [-0.25, -0.2) is 0 Å². The van der Waals surface area contributed by atoms with Gasteiger partial charge in [0.15, 0.2) is 0 Å². The predicted octanol–water partition coefficient (Wildman–Crippen LogP) is 3.87. The molecule has 2 fully saturated rings. The van der Waals surface area contributed by atoms with Crippen molar-refractivity contribution < 1.29 is 4.42 Å². The van der Waals surface area contributed by atoms with Crippen LogP contribution in [0.4, 0.5) is 0 Å². The Hall–Kier alpha value is -0.430. The second kappa shape index (κ2) is 3.55. The zero-order chi connectivity index (χ0) is 10.3. The van der Waals surface area contributed by atoms with Gasteiger partial charge in [-0.05, 0) is 48.6 Å². The van der Waals surface area contributed by atoms with Crippen LogP contribution in [-0.2, 0) is 6.42 Å². The summed E-state index contributed by atoms with van der Waals surface area (Å²) >= 11 is 6.23. The summed E-state index contributed by atoms with van der Waals surface area (Å²) in [6.07, 6.45) is 8.37. The Labute approximate surface area is 95.8 Å². The number of hydrogen-bond acceptors (Lipinski definition) is 1. The van der Waals surface area contributed by atoms with Crippen molar-refractivity contribution in [2.75, 3.05) is 5.88 Å². The maximum absolute atomic E-state index is 6.23. The summed E-state index contributed by atoms with van der Waals surface area (Å²) in [6.45, 7) is 0. The van der Waals surface area contributed by atoms with Crippen molar-refractivity contribution in [1.29, 1.82) is 0 Å². The monoisotopic (exact) mass is 224 g/mol. The first-order chi connectivity index (χ1) is 7.32. The molecule has 1 aromatic rings. The van der Waals surface area contributed by atoms with E-state index in [2.05, 4.69) is 6.07 Å². The van der Waals surface area contributed by atoms with Gasteiger partial charge in [-0.15, -0.1) is 11.6 Å². The fourth-order valence-corrected chi connectivity index (χ4v) is 4.17. The fourth-order valence-electron chi connectivity index (χ4n) is 3.75. The Morgan fingerprint density at radius 1 is 1.47 bits per heavy atom. The molecule has 3 rings (SSSR count). The van der Waals surface area contributed by atoms with E-state index < -0.39 is 0 Å². The summed E-state index contributed by atoms with van der Waals surface area (Å²) in [5, 5.41) is 0. The molecule has 3 unspecified atom stereocenters. The Bertz CT molecular complexity index is 332. The summed E-state index contributed by atoms with van der Waals surface area (Å²) in [5.41, 5.74) is 0.350. The molecule has 0 aromatic carbocycles. The molecule has 2 aliphatic rings. The van der Waals surface area contributed by atoms with Crippen LogP contribution in [0.3, 0.4) is 0 Å². The molecule has 0 aliphatic heterocycles. The number of fused-ring (bicyclic) bond motifs is 2. The Kier molecular flexibility index (Phi) is 2.31. The molecule has 0 spiro atoms. The Balaban J connectivity index is 1.82. The molecule has 15 heavy (non-hydrogen) atoms. The molecule has 3 atom stereocenters. The smallest absolute Gasteiger partial charge is 0.104 e. The van der Waals surface area contributed by atoms with Gasteiger partial charge in [-0.3, -0.25) is 0 Å². The lowest BCUT2D eigenvalue weighted by atomic mass is 9.72. The van der Waals surface area contributed by atoms with Gasteiger partial charge in [0.1, 0.15) is 5.76 Å². The first kappa shape index (κ1) is 9.77. The van der Waals surface area contributed by atoms with Crippen LogP contribution in [0.5, 0.6) is 0 Å². The lowest BCUT2D eigenvalue weighted by Crippen LogP contribution is -2.32. The van der Waals surface area contributed by atoms with Crippen molar-refractivity contribution in [2.45, 2.75) is 32.1 Å². The minimum absolute atomic E-state index is 0.350. The highest BCUT2D eigenvalue weighted by Gasteiger charge is 2.50. The molecule has 1 aromatic heterocycles. The van der Waals surface area contributed by atoms with Crippen molar-refractivity contribution >= 4 is 11.6 Å². The van der Waals surface area contributed by atoms with Gasteiger partial charge < -0.3 is 4.42 Å². The standard InChI is InChI=1S/C13H17ClO/c14-9-13(8-12-2-1-5-15-12)7-10-3-4-11(13)6-10/h1-2,5,10-11H,3-4,6-9H2. The minimum atomic E-state index is 0.350. The van der Waals surface area contributed by atoms with Gasteiger partial charge in [0, 0.05) is 12.3 Å². The van der Waals surface area contributed by atoms with Crippen molar-refractivity contribution in [3.63, 3.8) is 0 Å². The van der Waals surface area contributed by atoms with E-state index in [1.54, 1.807) is 6.26 Å². The normalized spacial score (nSPS) is 38.7. The Morgan fingerprint density at radius 3 is 2.93 bits per heavy atom. The molecule has 2 bridgehead atoms. The zero-order valence-corrected chi connectivity index (χ0v) is 9.67. The SMILES string of the molecule is ClCC1(Cc2ccco2)CC2CCC1C2. The van der Waals surface area contributed by atoms with Crippen LogP contribution >= 0.6 is 11.6 Å². The molecular weight excluding hydrogens is 208 g/mol. The Morgan fingerprint density at radius 2 is 2.40 bits per heavy atom. The maximum Gasteiger partial charge on any atom is 0.104 e. The minimum Gasteiger partial charge on any atom is -0.469 e. The first-order valence-corrected chi connectivity index (χ1v) is 6.44. The predicted molar refractivity (Wildman–Crippen MR) is 61.0 cm³/mol. The second-order valence-electron chi connectivity index (χ2n) is 5.33. The second-order valence-corrected chi connectivity index (χ2v) is 5.60. The van der Waals surface area contributed by atoms with Gasteiger partial charge in [-0.2, -0.15) is 0 Å². The van der Waals surface area contributed by atoms with E-state index in [9.17, 15) is 0 Å². The average molecular weight is 225 g/mol. The van der Waals surface area contributed by atoms with Gasteiger partial charge in [0.25, 0.3) is 0 Å². The molecule has 0 N–H and O–H groups in total. The first-order valence-electron chi connectivity index (χ1n) is 5.91. The fraction of sp³-hybridized carbons (Fsp3) is 0.692. The number of alkyl halides is 1. The van der Waals surface area contributed by atoms with Crippen LogP contribution in [0.25, 0.3) is 0 Å². The van der Waals surface area contributed by atoms with E-state index in [0.717, 1.165) is 29.9 Å². The van der Waals surface area contributed by atoms with E-state index in [1.807, 2.05) is 6.07 Å². The van der Waals surface area contributed by atoms with Crippen LogP contribution in [0.15, 0.2) is 22.8 Å². The third-order valence-corrected chi connectivity index (χ3v) is 5.01. The molecule has 1 heterocycles. The van der Waals surface area contributed by atoms with Crippen molar-refractivity contribution in [3.8, 4) is 0 Å². The van der Waals surface area contributed by atoms with Crippen molar-refractivity contribution in [3.05, 3.63) is 24.2 Å². The lowest BCUT2D eigenvalue weighted by Gasteiger charge is -2.35. The van der Waals surface area contributed by atoms with Gasteiger partial charge >= 0.3 is 0 Å². The van der Waals surface area contributed by atoms with E-state index in [4.69, 9.17) is 16.0 Å². The van der Waals surface area contributed by atoms with E-state index in [1.165, 1.54) is 25.7 Å². The quantitative estimate of drug-likeness (QED) is 0.711. The number of furan rings is 1. The van der Waals surface area contributed by atoms with E-state index in [0.29, 0.717) is 5.41 Å². The summed E-state index contributed by atoms with van der Waals surface area (Å²) in [7, 11) is 0. The molecule has 2 aliphatic carbocycles. The highest BCUT2D eigenvalue weighted by atomic mass is 35.5. The van der Waals surface area contributed by atoms with Crippen LogP contribution in [0.2, 0.25) is 0 Å². The summed E-state index contributed by atoms with van der Waals surface area (Å²) < 4.78 is 5.47. The largest absolute Gasteiger partial charge is 0.469 e. The number of rotatable bonds is 3. The highest BCUT2D eigenvalue weighted by Crippen LogP contribution is 2.57. The highest BCUT2D eigenvalue weighted by molar-refractivity contribution is 6.18. The maximum atomic E-state index is 6.23. The van der Waals surface area contributed by atoms with Crippen LogP contribution < -0.4 is 0 Å². The summed E-state index contributed by atoms with van der Waals surface area (Å²) in [4.78, 5) is 0. The third-order valence-electron chi connectivity index (χ3n) is 4.47. The molecule has 82 valence electrons. The topological polar surface area (TPSA) is 13.1 Å². The average Bonchev–Trinajstić information content (AvgIpc) is 2.93. The molecule has 2 saturated carbocycles. The molecule has 0 radical (unpaired) electrons. The summed E-state index contributed by atoms with van der Waals surface area (Å²) in [5.74, 6) is 3.71. The van der Waals surface area contributed by atoms with Crippen LogP contribution in [0.1, 0.15) is 31.4 Å². The van der Waals surface area contributed by atoms with Gasteiger partial charge in [0.2, 0.25) is 0 Å². The van der Waals surface area contributed by atoms with E-state index in [-0.39, 0.29) is 0 Å². The van der Waals surface area contributed by atoms with Crippen LogP contribution in [0, 0.1) is 17.3 Å². The van der Waals surface area contributed by atoms with Crippen molar-refractivity contribution in [1.82, 2.24) is 0 Å². The summed E-state index contributed by atoms with van der Waals surface area (Å²) in [6, 6.07) is 4.06.